The van der Waals surface area contributed by atoms with Crippen molar-refractivity contribution in [1.29, 1.82) is 0 Å². The lowest BCUT2D eigenvalue weighted by Gasteiger charge is -2.30. The van der Waals surface area contributed by atoms with Crippen LogP contribution in [0.4, 0.5) is 0 Å². The fraction of sp³-hybridized carbons (Fsp3) is 0.600. The Morgan fingerprint density at radius 3 is 2.81 bits per heavy atom. The topological polar surface area (TPSA) is 62.5 Å². The molecule has 6 heteroatoms. The first-order valence-corrected chi connectivity index (χ1v) is 8.45. The summed E-state index contributed by atoms with van der Waals surface area (Å²) in [5.74, 6) is -0.598. The Bertz CT molecular complexity index is 501. The van der Waals surface area contributed by atoms with Gasteiger partial charge in [-0.15, -0.1) is 11.8 Å². The van der Waals surface area contributed by atoms with Crippen LogP contribution in [-0.4, -0.2) is 44.5 Å². The van der Waals surface area contributed by atoms with Crippen LogP contribution in [0.5, 0.6) is 0 Å². The number of carboxylic acid groups (broad SMARTS) is 1. The molecule has 1 aromatic heterocycles. The van der Waals surface area contributed by atoms with Crippen molar-refractivity contribution in [3.63, 3.8) is 0 Å². The highest BCUT2D eigenvalue weighted by atomic mass is 32.2. The molecule has 1 aliphatic rings. The average molecular weight is 310 g/mol. The van der Waals surface area contributed by atoms with Gasteiger partial charge in [0.1, 0.15) is 0 Å². The van der Waals surface area contributed by atoms with E-state index in [-0.39, 0.29) is 23.5 Å². The molecule has 0 saturated carbocycles. The number of nitrogens with zero attached hydrogens (tertiary/aromatic N) is 2. The molecule has 0 spiro atoms. The molecule has 2 rings (SSSR count). The van der Waals surface area contributed by atoms with Crippen LogP contribution in [0.2, 0.25) is 0 Å². The molecule has 0 aromatic carbocycles. The maximum absolute atomic E-state index is 12.5. The summed E-state index contributed by atoms with van der Waals surface area (Å²) in [4.78, 5) is 25.0. The van der Waals surface area contributed by atoms with Crippen molar-refractivity contribution < 1.29 is 14.7 Å². The molecular formula is C15H22N2O3S. The summed E-state index contributed by atoms with van der Waals surface area (Å²) < 4.78 is 2.07. The zero-order chi connectivity index (χ0) is 15.2. The lowest BCUT2D eigenvalue weighted by molar-refractivity contribution is -0.133. The second-order valence-electron chi connectivity index (χ2n) is 5.38. The number of hydrogen-bond donors (Lipinski definition) is 1. The molecule has 1 aliphatic heterocycles. The summed E-state index contributed by atoms with van der Waals surface area (Å²) in [6.07, 6.45) is 6.28. The Labute approximate surface area is 129 Å². The third kappa shape index (κ3) is 4.27. The third-order valence-corrected chi connectivity index (χ3v) is 4.75. The van der Waals surface area contributed by atoms with Gasteiger partial charge < -0.3 is 14.6 Å². The van der Waals surface area contributed by atoms with E-state index in [1.807, 2.05) is 24.2 Å². The Morgan fingerprint density at radius 1 is 1.33 bits per heavy atom. The number of carboxylic acids is 1. The molecule has 1 atom stereocenters. The van der Waals surface area contributed by atoms with E-state index in [0.717, 1.165) is 37.9 Å². The van der Waals surface area contributed by atoms with Crippen LogP contribution in [-0.2, 0) is 16.6 Å². The van der Waals surface area contributed by atoms with Crippen molar-refractivity contribution in [2.24, 2.45) is 7.05 Å². The van der Waals surface area contributed by atoms with E-state index >= 15 is 0 Å². The minimum absolute atomic E-state index is 0.0194. The summed E-state index contributed by atoms with van der Waals surface area (Å²) in [6.45, 7) is 0.766. The first-order chi connectivity index (χ1) is 10.1. The average Bonchev–Trinajstić information content (AvgIpc) is 2.72. The van der Waals surface area contributed by atoms with Gasteiger partial charge in [-0.1, -0.05) is 12.8 Å². The van der Waals surface area contributed by atoms with Gasteiger partial charge in [0.2, 0.25) is 5.91 Å². The van der Waals surface area contributed by atoms with Crippen LogP contribution in [0.3, 0.4) is 0 Å². The highest BCUT2D eigenvalue weighted by Gasteiger charge is 2.27. The van der Waals surface area contributed by atoms with Crippen LogP contribution in [0, 0.1) is 0 Å². The van der Waals surface area contributed by atoms with E-state index in [1.54, 1.807) is 0 Å². The van der Waals surface area contributed by atoms with Gasteiger partial charge in [-0.05, 0) is 25.0 Å². The molecule has 5 nitrogen and oxygen atoms in total. The Morgan fingerprint density at radius 2 is 2.14 bits per heavy atom. The van der Waals surface area contributed by atoms with Crippen LogP contribution in [0.25, 0.3) is 0 Å². The molecule has 1 aromatic rings. The third-order valence-electron chi connectivity index (χ3n) is 3.85. The van der Waals surface area contributed by atoms with Crippen LogP contribution >= 0.6 is 11.8 Å². The van der Waals surface area contributed by atoms with E-state index in [1.165, 1.54) is 11.8 Å². The lowest BCUT2D eigenvalue weighted by Crippen LogP contribution is -2.37. The van der Waals surface area contributed by atoms with Gasteiger partial charge >= 0.3 is 5.97 Å². The summed E-state index contributed by atoms with van der Waals surface area (Å²) in [5, 5.41) is 8.67. The van der Waals surface area contributed by atoms with Crippen molar-refractivity contribution >= 4 is 23.6 Å². The van der Waals surface area contributed by atoms with Crippen LogP contribution < -0.4 is 0 Å². The second-order valence-corrected chi connectivity index (χ2v) is 6.37. The maximum atomic E-state index is 12.5. The molecule has 2 heterocycles. The number of amides is 1. The lowest BCUT2D eigenvalue weighted by atomic mass is 10.1. The SMILES string of the molecule is Cn1cccc1C1CCCCCN1C(=O)CSCC(=O)O. The fourth-order valence-corrected chi connectivity index (χ4v) is 3.46. The summed E-state index contributed by atoms with van der Waals surface area (Å²) in [7, 11) is 2.00. The maximum Gasteiger partial charge on any atom is 0.313 e. The minimum Gasteiger partial charge on any atom is -0.481 e. The van der Waals surface area contributed by atoms with Gasteiger partial charge in [0.15, 0.2) is 0 Å². The van der Waals surface area contributed by atoms with Gasteiger partial charge in [0.05, 0.1) is 17.5 Å². The van der Waals surface area contributed by atoms with Gasteiger partial charge in [-0.25, -0.2) is 0 Å². The number of rotatable bonds is 5. The number of aryl methyl sites for hydroxylation is 1. The minimum atomic E-state index is -0.873. The molecule has 116 valence electrons. The van der Waals surface area contributed by atoms with Gasteiger partial charge in [-0.3, -0.25) is 9.59 Å². The van der Waals surface area contributed by atoms with Gasteiger partial charge in [-0.2, -0.15) is 0 Å². The molecule has 1 unspecified atom stereocenters. The second kappa shape index (κ2) is 7.54. The quantitative estimate of drug-likeness (QED) is 0.906. The van der Waals surface area contributed by atoms with Crippen molar-refractivity contribution in [2.75, 3.05) is 18.1 Å². The molecule has 1 amide bonds. The molecule has 0 radical (unpaired) electrons. The predicted molar refractivity (Wildman–Crippen MR) is 83.3 cm³/mol. The Kier molecular flexibility index (Phi) is 5.73. The number of carbonyl (C=O) groups excluding carboxylic acids is 1. The summed E-state index contributed by atoms with van der Waals surface area (Å²) in [6, 6.07) is 4.19. The number of aromatic nitrogens is 1. The number of aliphatic carboxylic acids is 1. The van der Waals surface area contributed by atoms with E-state index in [0.29, 0.717) is 0 Å². The number of hydrogen-bond acceptors (Lipinski definition) is 3. The van der Waals surface area contributed by atoms with Gasteiger partial charge in [0.25, 0.3) is 0 Å². The smallest absolute Gasteiger partial charge is 0.313 e. The fourth-order valence-electron chi connectivity index (χ4n) is 2.84. The van der Waals surface area contributed by atoms with E-state index < -0.39 is 5.97 Å². The molecule has 1 saturated heterocycles. The highest BCUT2D eigenvalue weighted by molar-refractivity contribution is 8.00. The van der Waals surface area contributed by atoms with Crippen molar-refractivity contribution in [3.05, 3.63) is 24.0 Å². The zero-order valence-electron chi connectivity index (χ0n) is 12.3. The molecule has 21 heavy (non-hydrogen) atoms. The molecule has 1 N–H and O–H groups in total. The number of likely N-dealkylation sites (tertiary alicyclic amines) is 1. The highest BCUT2D eigenvalue weighted by Crippen LogP contribution is 2.30. The first-order valence-electron chi connectivity index (χ1n) is 7.30. The number of carbonyl (C=O) groups is 2. The van der Waals surface area contributed by atoms with E-state index in [4.69, 9.17) is 5.11 Å². The Balaban J connectivity index is 2.07. The van der Waals surface area contributed by atoms with Crippen molar-refractivity contribution in [2.45, 2.75) is 31.7 Å². The van der Waals surface area contributed by atoms with E-state index in [2.05, 4.69) is 10.6 Å². The van der Waals surface area contributed by atoms with Crippen molar-refractivity contribution in [1.82, 2.24) is 9.47 Å². The van der Waals surface area contributed by atoms with Crippen molar-refractivity contribution in [3.8, 4) is 0 Å². The standard InChI is InChI=1S/C15H22N2O3S/c1-16-8-5-7-12(16)13-6-3-2-4-9-17(13)14(18)10-21-11-15(19)20/h5,7-8,13H,2-4,6,9-11H2,1H3,(H,19,20). The molecule has 1 fully saturated rings. The van der Waals surface area contributed by atoms with Gasteiger partial charge in [0, 0.05) is 25.5 Å². The van der Waals surface area contributed by atoms with Crippen LogP contribution in [0.1, 0.15) is 37.4 Å². The van der Waals surface area contributed by atoms with Crippen LogP contribution in [0.15, 0.2) is 18.3 Å². The largest absolute Gasteiger partial charge is 0.481 e. The molecule has 0 aliphatic carbocycles. The molecule has 0 bridgehead atoms. The number of thioether (sulfide) groups is 1. The summed E-state index contributed by atoms with van der Waals surface area (Å²) >= 11 is 1.18. The summed E-state index contributed by atoms with van der Waals surface area (Å²) in [5.41, 5.74) is 1.16. The zero-order valence-corrected chi connectivity index (χ0v) is 13.1. The van der Waals surface area contributed by atoms with E-state index in [9.17, 15) is 9.59 Å². The first kappa shape index (κ1) is 15.9. The normalized spacial score (nSPS) is 19.3. The Hall–Kier alpha value is -1.43. The monoisotopic (exact) mass is 310 g/mol. The predicted octanol–water partition coefficient (Wildman–Crippen LogP) is 2.29. The molecular weight excluding hydrogens is 288 g/mol.